The molecular weight excluding hydrogens is 494 g/mol. The lowest BCUT2D eigenvalue weighted by molar-refractivity contribution is -0.139. The molecule has 1 amide bonds. The predicted molar refractivity (Wildman–Crippen MR) is 150 cm³/mol. The SMILES string of the molecule is Nc1ccc(-c2ccc3c(N)c(C(=O)NC(Cc4ccc(OCc5ccccc5)cc4)C(=O)O)oc3c2)cc1. The first-order valence-corrected chi connectivity index (χ1v) is 12.3. The predicted octanol–water partition coefficient (Wildman–Crippen LogP) is 5.27. The van der Waals surface area contributed by atoms with Gasteiger partial charge in [0.05, 0.1) is 5.69 Å². The first-order valence-electron chi connectivity index (χ1n) is 12.3. The second-order valence-corrected chi connectivity index (χ2v) is 9.16. The van der Waals surface area contributed by atoms with E-state index in [1.54, 1.807) is 48.5 Å². The summed E-state index contributed by atoms with van der Waals surface area (Å²) in [5.74, 6) is -1.34. The van der Waals surface area contributed by atoms with Gasteiger partial charge in [-0.3, -0.25) is 4.79 Å². The van der Waals surface area contributed by atoms with E-state index in [4.69, 9.17) is 20.6 Å². The fraction of sp³-hybridized carbons (Fsp3) is 0.0968. The lowest BCUT2D eigenvalue weighted by Crippen LogP contribution is -2.42. The second kappa shape index (κ2) is 11.0. The number of fused-ring (bicyclic) bond motifs is 1. The Balaban J connectivity index is 1.27. The summed E-state index contributed by atoms with van der Waals surface area (Å²) in [7, 11) is 0. The van der Waals surface area contributed by atoms with Gasteiger partial charge in [0.15, 0.2) is 0 Å². The maximum Gasteiger partial charge on any atom is 0.326 e. The zero-order chi connectivity index (χ0) is 27.4. The lowest BCUT2D eigenvalue weighted by Gasteiger charge is -2.14. The van der Waals surface area contributed by atoms with E-state index in [9.17, 15) is 14.7 Å². The quantitative estimate of drug-likeness (QED) is 0.194. The van der Waals surface area contributed by atoms with E-state index in [-0.39, 0.29) is 17.9 Å². The number of carboxylic acid groups (broad SMARTS) is 1. The van der Waals surface area contributed by atoms with E-state index in [1.807, 2.05) is 48.5 Å². The van der Waals surface area contributed by atoms with E-state index < -0.39 is 17.9 Å². The smallest absolute Gasteiger partial charge is 0.326 e. The molecule has 0 spiro atoms. The molecule has 0 saturated carbocycles. The third-order valence-electron chi connectivity index (χ3n) is 6.39. The van der Waals surface area contributed by atoms with E-state index in [2.05, 4.69) is 5.32 Å². The van der Waals surface area contributed by atoms with Gasteiger partial charge in [0.1, 0.15) is 24.0 Å². The first kappa shape index (κ1) is 25.4. The number of benzene rings is 4. The Morgan fingerprint density at radius 2 is 1.54 bits per heavy atom. The van der Waals surface area contributed by atoms with Crippen LogP contribution in [0.5, 0.6) is 5.75 Å². The number of aliphatic carboxylic acids is 1. The molecule has 0 bridgehead atoms. The van der Waals surface area contributed by atoms with Crippen molar-refractivity contribution < 1.29 is 23.8 Å². The number of nitrogens with two attached hydrogens (primary N) is 2. The van der Waals surface area contributed by atoms with Crippen molar-refractivity contribution in [1.29, 1.82) is 0 Å². The van der Waals surface area contributed by atoms with Crippen molar-refractivity contribution in [2.75, 3.05) is 11.5 Å². The molecule has 0 fully saturated rings. The van der Waals surface area contributed by atoms with Gasteiger partial charge in [-0.05, 0) is 58.7 Å². The van der Waals surface area contributed by atoms with Crippen LogP contribution in [0.4, 0.5) is 11.4 Å². The van der Waals surface area contributed by atoms with E-state index in [0.717, 1.165) is 22.3 Å². The molecule has 5 aromatic rings. The Kier molecular flexibility index (Phi) is 7.18. The number of rotatable bonds is 9. The van der Waals surface area contributed by atoms with Crippen LogP contribution in [0.25, 0.3) is 22.1 Å². The topological polar surface area (TPSA) is 141 Å². The third-order valence-corrected chi connectivity index (χ3v) is 6.39. The molecule has 8 heteroatoms. The van der Waals surface area contributed by atoms with Crippen molar-refractivity contribution in [1.82, 2.24) is 5.32 Å². The number of carbonyl (C=O) groups excluding carboxylic acids is 1. The van der Waals surface area contributed by atoms with E-state index in [0.29, 0.717) is 29.0 Å². The highest BCUT2D eigenvalue weighted by Gasteiger charge is 2.25. The number of nitrogen functional groups attached to an aromatic ring is 2. The van der Waals surface area contributed by atoms with Crippen LogP contribution < -0.4 is 21.5 Å². The van der Waals surface area contributed by atoms with Crippen LogP contribution in [0.1, 0.15) is 21.7 Å². The Morgan fingerprint density at radius 3 is 2.23 bits per heavy atom. The average molecular weight is 522 g/mol. The molecule has 4 aromatic carbocycles. The van der Waals surface area contributed by atoms with E-state index >= 15 is 0 Å². The van der Waals surface area contributed by atoms with Gasteiger partial charge >= 0.3 is 5.97 Å². The molecule has 39 heavy (non-hydrogen) atoms. The summed E-state index contributed by atoms with van der Waals surface area (Å²) in [5, 5.41) is 12.9. The van der Waals surface area contributed by atoms with Gasteiger partial charge in [-0.15, -0.1) is 0 Å². The van der Waals surface area contributed by atoms with Crippen molar-refractivity contribution >= 4 is 34.2 Å². The molecule has 1 aromatic heterocycles. The molecule has 1 heterocycles. The molecule has 0 aliphatic carbocycles. The zero-order valence-electron chi connectivity index (χ0n) is 21.0. The van der Waals surface area contributed by atoms with Gasteiger partial charge in [0.2, 0.25) is 5.76 Å². The maximum atomic E-state index is 13.0. The van der Waals surface area contributed by atoms with Crippen molar-refractivity contribution in [3.05, 3.63) is 114 Å². The molecule has 1 unspecified atom stereocenters. The molecule has 0 aliphatic rings. The largest absolute Gasteiger partial charge is 0.489 e. The Hall–Kier alpha value is -5.24. The van der Waals surface area contributed by atoms with Crippen LogP contribution in [0.2, 0.25) is 0 Å². The number of carbonyl (C=O) groups is 2. The Labute approximate surface area is 224 Å². The number of hydrogen-bond donors (Lipinski definition) is 4. The fourth-order valence-electron chi connectivity index (χ4n) is 4.26. The number of hydrogen-bond acceptors (Lipinski definition) is 6. The average Bonchev–Trinajstić information content (AvgIpc) is 3.29. The second-order valence-electron chi connectivity index (χ2n) is 9.16. The highest BCUT2D eigenvalue weighted by molar-refractivity contribution is 6.06. The first-order chi connectivity index (χ1) is 18.9. The Bertz CT molecular complexity index is 1610. The highest BCUT2D eigenvalue weighted by Crippen LogP contribution is 2.32. The third kappa shape index (κ3) is 5.86. The number of ether oxygens (including phenoxy) is 1. The fourth-order valence-corrected chi connectivity index (χ4v) is 4.26. The van der Waals surface area contributed by atoms with Crippen LogP contribution in [0, 0.1) is 0 Å². The summed E-state index contributed by atoms with van der Waals surface area (Å²) < 4.78 is 11.6. The molecule has 0 saturated heterocycles. The molecule has 0 aliphatic heterocycles. The van der Waals surface area contributed by atoms with Gasteiger partial charge in [0, 0.05) is 17.5 Å². The van der Waals surface area contributed by atoms with Gasteiger partial charge in [-0.1, -0.05) is 60.7 Å². The molecule has 8 nitrogen and oxygen atoms in total. The summed E-state index contributed by atoms with van der Waals surface area (Å²) in [6, 6.07) is 28.5. The van der Waals surface area contributed by atoms with Crippen molar-refractivity contribution in [2.24, 2.45) is 0 Å². The number of furan rings is 1. The molecule has 6 N–H and O–H groups in total. The molecule has 0 radical (unpaired) electrons. The number of anilines is 2. The number of nitrogens with one attached hydrogen (secondary N) is 1. The highest BCUT2D eigenvalue weighted by atomic mass is 16.5. The summed E-state index contributed by atoms with van der Waals surface area (Å²) in [4.78, 5) is 25.0. The van der Waals surface area contributed by atoms with Crippen LogP contribution in [-0.2, 0) is 17.8 Å². The summed E-state index contributed by atoms with van der Waals surface area (Å²) in [6.45, 7) is 0.425. The normalized spacial score (nSPS) is 11.7. The van der Waals surface area contributed by atoms with Crippen LogP contribution >= 0.6 is 0 Å². The van der Waals surface area contributed by atoms with Crippen LogP contribution in [-0.4, -0.2) is 23.0 Å². The maximum absolute atomic E-state index is 13.0. The summed E-state index contributed by atoms with van der Waals surface area (Å²) >= 11 is 0. The van der Waals surface area contributed by atoms with Crippen LogP contribution in [0.15, 0.2) is 101 Å². The minimum absolute atomic E-state index is 0.0709. The van der Waals surface area contributed by atoms with Crippen LogP contribution in [0.3, 0.4) is 0 Å². The monoisotopic (exact) mass is 521 g/mol. The lowest BCUT2D eigenvalue weighted by atomic mass is 10.0. The molecule has 196 valence electrons. The summed E-state index contributed by atoms with van der Waals surface area (Å²) in [5.41, 5.74) is 16.8. The van der Waals surface area contributed by atoms with Crippen molar-refractivity contribution in [2.45, 2.75) is 19.1 Å². The molecular formula is C31H27N3O5. The minimum Gasteiger partial charge on any atom is -0.489 e. The molecule has 5 rings (SSSR count). The van der Waals surface area contributed by atoms with Gasteiger partial charge in [0.25, 0.3) is 5.91 Å². The Morgan fingerprint density at radius 1 is 0.846 bits per heavy atom. The van der Waals surface area contributed by atoms with Crippen molar-refractivity contribution in [3.63, 3.8) is 0 Å². The standard InChI is InChI=1S/C31H27N3O5/c32-23-11-8-21(9-12-23)22-10-15-25-27(17-22)39-29(28(25)33)30(35)34-26(31(36)37)16-19-6-13-24(14-7-19)38-18-20-4-2-1-3-5-20/h1-15,17,26H,16,18,32-33H2,(H,34,35)(H,36,37). The number of carboxylic acids is 1. The summed E-state index contributed by atoms with van der Waals surface area (Å²) in [6.07, 6.45) is 0.0709. The number of amides is 1. The minimum atomic E-state index is -1.19. The van der Waals surface area contributed by atoms with Crippen molar-refractivity contribution in [3.8, 4) is 16.9 Å². The van der Waals surface area contributed by atoms with Gasteiger partial charge < -0.3 is 31.0 Å². The zero-order valence-corrected chi connectivity index (χ0v) is 21.0. The van der Waals surface area contributed by atoms with Gasteiger partial charge in [-0.2, -0.15) is 0 Å². The molecule has 1 atom stereocenters. The van der Waals surface area contributed by atoms with Gasteiger partial charge in [-0.25, -0.2) is 4.79 Å². The van der Waals surface area contributed by atoms with E-state index in [1.165, 1.54) is 0 Å².